The third-order valence-corrected chi connectivity index (χ3v) is 3.65. The SMILES string of the molecule is NC(=O)Cc1ccccc1.N[C@@H](Cc1c[nH]c2ccccc12)C(=O)O. The van der Waals surface area contributed by atoms with Crippen LogP contribution in [-0.4, -0.2) is 28.0 Å². The minimum absolute atomic E-state index is 0.286. The lowest BCUT2D eigenvalue weighted by Gasteiger charge is -2.04. The third kappa shape index (κ3) is 5.47. The molecule has 6 heteroatoms. The van der Waals surface area contributed by atoms with Crippen molar-refractivity contribution in [3.63, 3.8) is 0 Å². The first-order valence-corrected chi connectivity index (χ1v) is 7.83. The van der Waals surface area contributed by atoms with Crippen LogP contribution in [0.1, 0.15) is 11.1 Å². The first-order chi connectivity index (χ1) is 12.0. The van der Waals surface area contributed by atoms with E-state index in [0.29, 0.717) is 12.8 Å². The van der Waals surface area contributed by atoms with E-state index < -0.39 is 12.0 Å². The van der Waals surface area contributed by atoms with E-state index in [-0.39, 0.29) is 5.91 Å². The second kappa shape index (κ2) is 8.65. The number of amides is 1. The van der Waals surface area contributed by atoms with Crippen molar-refractivity contribution in [2.45, 2.75) is 18.9 Å². The molecule has 1 aromatic heterocycles. The van der Waals surface area contributed by atoms with Crippen molar-refractivity contribution in [2.75, 3.05) is 0 Å². The number of carboxylic acids is 1. The molecule has 25 heavy (non-hydrogen) atoms. The molecule has 6 nitrogen and oxygen atoms in total. The quantitative estimate of drug-likeness (QED) is 0.566. The van der Waals surface area contributed by atoms with Gasteiger partial charge in [0.05, 0.1) is 6.42 Å². The predicted octanol–water partition coefficient (Wildman–Crippen LogP) is 1.84. The Morgan fingerprint density at radius 1 is 1.04 bits per heavy atom. The van der Waals surface area contributed by atoms with Crippen LogP contribution in [0, 0.1) is 0 Å². The number of nitrogens with one attached hydrogen (secondary N) is 1. The topological polar surface area (TPSA) is 122 Å². The molecule has 0 spiro atoms. The second-order valence-electron chi connectivity index (χ2n) is 5.64. The zero-order valence-corrected chi connectivity index (χ0v) is 13.7. The van der Waals surface area contributed by atoms with Gasteiger partial charge in [0.2, 0.25) is 5.91 Å². The monoisotopic (exact) mass is 339 g/mol. The van der Waals surface area contributed by atoms with Crippen LogP contribution in [0.25, 0.3) is 10.9 Å². The van der Waals surface area contributed by atoms with Crippen LogP contribution < -0.4 is 11.5 Å². The molecule has 0 saturated carbocycles. The number of aromatic amines is 1. The Balaban J connectivity index is 0.000000196. The lowest BCUT2D eigenvalue weighted by Crippen LogP contribution is -2.32. The van der Waals surface area contributed by atoms with Gasteiger partial charge in [-0.15, -0.1) is 0 Å². The fourth-order valence-electron chi connectivity index (χ4n) is 2.42. The maximum absolute atomic E-state index is 10.6. The van der Waals surface area contributed by atoms with Crippen LogP contribution >= 0.6 is 0 Å². The van der Waals surface area contributed by atoms with Crippen LogP contribution in [0.2, 0.25) is 0 Å². The van der Waals surface area contributed by atoms with Crippen molar-refractivity contribution >= 4 is 22.8 Å². The lowest BCUT2D eigenvalue weighted by atomic mass is 10.1. The van der Waals surface area contributed by atoms with Gasteiger partial charge in [-0.3, -0.25) is 9.59 Å². The number of hydrogen-bond donors (Lipinski definition) is 4. The highest BCUT2D eigenvalue weighted by molar-refractivity contribution is 5.84. The highest BCUT2D eigenvalue weighted by Gasteiger charge is 2.14. The number of benzene rings is 2. The Hall–Kier alpha value is -3.12. The van der Waals surface area contributed by atoms with Crippen LogP contribution in [0.5, 0.6) is 0 Å². The summed E-state index contributed by atoms with van der Waals surface area (Å²) in [5.41, 5.74) is 13.4. The van der Waals surface area contributed by atoms with Gasteiger partial charge in [-0.05, 0) is 17.2 Å². The van der Waals surface area contributed by atoms with Gasteiger partial charge >= 0.3 is 5.97 Å². The molecule has 0 aliphatic rings. The Morgan fingerprint density at radius 2 is 1.68 bits per heavy atom. The van der Waals surface area contributed by atoms with Gasteiger partial charge in [-0.1, -0.05) is 48.5 Å². The highest BCUT2D eigenvalue weighted by atomic mass is 16.4. The molecule has 3 rings (SSSR count). The highest BCUT2D eigenvalue weighted by Crippen LogP contribution is 2.18. The lowest BCUT2D eigenvalue weighted by molar-refractivity contribution is -0.138. The Kier molecular flexibility index (Phi) is 6.31. The number of rotatable bonds is 5. The van der Waals surface area contributed by atoms with Crippen LogP contribution in [0.4, 0.5) is 0 Å². The number of aromatic nitrogens is 1. The van der Waals surface area contributed by atoms with Crippen molar-refractivity contribution in [1.29, 1.82) is 0 Å². The summed E-state index contributed by atoms with van der Waals surface area (Å²) >= 11 is 0. The van der Waals surface area contributed by atoms with Gasteiger partial charge in [0.1, 0.15) is 6.04 Å². The van der Waals surface area contributed by atoms with E-state index >= 15 is 0 Å². The number of carbonyl (C=O) groups is 2. The summed E-state index contributed by atoms with van der Waals surface area (Å²) in [5, 5.41) is 9.75. The van der Waals surface area contributed by atoms with E-state index in [2.05, 4.69) is 4.98 Å². The van der Waals surface area contributed by atoms with E-state index in [1.165, 1.54) is 0 Å². The number of aliphatic carboxylic acids is 1. The van der Waals surface area contributed by atoms with E-state index in [1.807, 2.05) is 60.8 Å². The molecule has 3 aromatic rings. The Bertz CT molecular complexity index is 843. The van der Waals surface area contributed by atoms with Gasteiger partial charge in [0.25, 0.3) is 0 Å². The summed E-state index contributed by atoms with van der Waals surface area (Å²) in [4.78, 5) is 24.1. The largest absolute Gasteiger partial charge is 0.480 e. The van der Waals surface area contributed by atoms with Crippen molar-refractivity contribution in [3.05, 3.63) is 71.9 Å². The first kappa shape index (κ1) is 18.2. The van der Waals surface area contributed by atoms with E-state index in [4.69, 9.17) is 16.6 Å². The molecule has 2 aromatic carbocycles. The van der Waals surface area contributed by atoms with Gasteiger partial charge < -0.3 is 21.6 Å². The Labute approximate surface area is 145 Å². The molecule has 1 heterocycles. The summed E-state index contributed by atoms with van der Waals surface area (Å²) < 4.78 is 0. The van der Waals surface area contributed by atoms with Gasteiger partial charge in [-0.2, -0.15) is 0 Å². The smallest absolute Gasteiger partial charge is 0.320 e. The molecule has 0 fully saturated rings. The third-order valence-electron chi connectivity index (χ3n) is 3.65. The zero-order valence-electron chi connectivity index (χ0n) is 13.7. The average Bonchev–Trinajstić information content (AvgIpc) is 2.99. The molecule has 0 unspecified atom stereocenters. The van der Waals surface area contributed by atoms with Gasteiger partial charge in [0, 0.05) is 23.5 Å². The number of H-pyrrole nitrogens is 1. The standard InChI is InChI=1S/C11H12N2O2.C8H9NO/c12-9(11(14)15)5-7-6-13-10-4-2-1-3-8(7)10;9-8(10)6-7-4-2-1-3-5-7/h1-4,6,9,13H,5,12H2,(H,14,15);1-5H,6H2,(H2,9,10)/t9-;/m0./s1. The number of fused-ring (bicyclic) bond motifs is 1. The minimum Gasteiger partial charge on any atom is -0.480 e. The zero-order chi connectivity index (χ0) is 18.2. The van der Waals surface area contributed by atoms with Crippen molar-refractivity contribution < 1.29 is 14.7 Å². The predicted molar refractivity (Wildman–Crippen MR) is 97.0 cm³/mol. The number of para-hydroxylation sites is 1. The summed E-state index contributed by atoms with van der Waals surface area (Å²) in [6, 6.07) is 16.4. The molecular formula is C19H21N3O3. The number of nitrogens with two attached hydrogens (primary N) is 2. The molecule has 0 saturated heterocycles. The van der Waals surface area contributed by atoms with Crippen LogP contribution in [0.3, 0.4) is 0 Å². The summed E-state index contributed by atoms with van der Waals surface area (Å²) in [6.07, 6.45) is 2.49. The second-order valence-corrected chi connectivity index (χ2v) is 5.64. The van der Waals surface area contributed by atoms with Gasteiger partial charge in [-0.25, -0.2) is 0 Å². The first-order valence-electron chi connectivity index (χ1n) is 7.83. The number of carbonyl (C=O) groups excluding carboxylic acids is 1. The minimum atomic E-state index is -0.972. The van der Waals surface area contributed by atoms with Crippen molar-refractivity contribution in [2.24, 2.45) is 11.5 Å². The van der Waals surface area contributed by atoms with E-state index in [9.17, 15) is 9.59 Å². The molecule has 130 valence electrons. The van der Waals surface area contributed by atoms with Gasteiger partial charge in [0.15, 0.2) is 0 Å². The summed E-state index contributed by atoms with van der Waals surface area (Å²) in [6.45, 7) is 0. The summed E-state index contributed by atoms with van der Waals surface area (Å²) in [7, 11) is 0. The molecule has 0 aliphatic heterocycles. The molecule has 0 aliphatic carbocycles. The maximum Gasteiger partial charge on any atom is 0.320 e. The van der Waals surface area contributed by atoms with Crippen LogP contribution in [0.15, 0.2) is 60.8 Å². The molecule has 1 amide bonds. The summed E-state index contributed by atoms with van der Waals surface area (Å²) in [5.74, 6) is -1.26. The fourth-order valence-corrected chi connectivity index (χ4v) is 2.42. The normalized spacial score (nSPS) is 11.4. The molecule has 6 N–H and O–H groups in total. The number of primary amides is 1. The van der Waals surface area contributed by atoms with E-state index in [1.54, 1.807) is 0 Å². The maximum atomic E-state index is 10.6. The molecule has 1 atom stereocenters. The van der Waals surface area contributed by atoms with Crippen molar-refractivity contribution in [3.8, 4) is 0 Å². The number of carboxylic acid groups (broad SMARTS) is 1. The molecular weight excluding hydrogens is 318 g/mol. The van der Waals surface area contributed by atoms with E-state index in [0.717, 1.165) is 22.0 Å². The number of hydrogen-bond acceptors (Lipinski definition) is 3. The van der Waals surface area contributed by atoms with Crippen LogP contribution in [-0.2, 0) is 22.4 Å². The fraction of sp³-hybridized carbons (Fsp3) is 0.158. The van der Waals surface area contributed by atoms with Crippen molar-refractivity contribution in [1.82, 2.24) is 4.98 Å². The molecule has 0 bridgehead atoms. The Morgan fingerprint density at radius 3 is 2.32 bits per heavy atom. The average molecular weight is 339 g/mol. The molecule has 0 radical (unpaired) electrons.